The number of fused-ring (bicyclic) bond motifs is 1. The lowest BCUT2D eigenvalue weighted by Gasteiger charge is -2.28. The van der Waals surface area contributed by atoms with Gasteiger partial charge in [0.1, 0.15) is 5.01 Å². The summed E-state index contributed by atoms with van der Waals surface area (Å²) in [6, 6.07) is 9.45. The molecule has 21 heavy (non-hydrogen) atoms. The molecule has 1 N–H and O–H groups in total. The average Bonchev–Trinajstić information content (AvgIpc) is 3.21. The number of aromatic nitrogens is 1. The van der Waals surface area contributed by atoms with E-state index in [4.69, 9.17) is 9.72 Å². The Morgan fingerprint density at radius 2 is 2.19 bits per heavy atom. The van der Waals surface area contributed by atoms with Crippen LogP contribution in [0.25, 0.3) is 0 Å². The Bertz CT molecular complexity index is 648. The van der Waals surface area contributed by atoms with E-state index < -0.39 is 0 Å². The molecule has 3 nitrogen and oxygen atoms in total. The summed E-state index contributed by atoms with van der Waals surface area (Å²) in [6.45, 7) is 1.56. The van der Waals surface area contributed by atoms with Crippen LogP contribution in [-0.4, -0.2) is 18.1 Å². The lowest BCUT2D eigenvalue weighted by Crippen LogP contribution is -2.17. The number of nitrogens with one attached hydrogen (secondary N) is 1. The molecule has 0 amide bonds. The summed E-state index contributed by atoms with van der Waals surface area (Å²) < 4.78 is 5.32. The van der Waals surface area contributed by atoms with Crippen molar-refractivity contribution >= 4 is 11.3 Å². The molecule has 1 fully saturated rings. The monoisotopic (exact) mass is 300 g/mol. The molecular formula is C17H20N2OS. The van der Waals surface area contributed by atoms with Crippen molar-refractivity contribution in [2.24, 2.45) is 0 Å². The topological polar surface area (TPSA) is 34.1 Å². The molecular weight excluding hydrogens is 280 g/mol. The molecule has 0 bridgehead atoms. The molecule has 2 aromatic rings. The van der Waals surface area contributed by atoms with Crippen LogP contribution in [0.4, 0.5) is 0 Å². The standard InChI is InChI=1S/C17H20N2OS/c1-20-10-15-16(9-18-12-6-7-12)21-17(19-15)14-8-11-4-2-3-5-13(11)14/h2-5,12,14,18H,6-10H2,1H3. The normalized spacial score (nSPS) is 20.1. The van der Waals surface area contributed by atoms with Gasteiger partial charge in [-0.25, -0.2) is 4.98 Å². The third-order valence-electron chi connectivity index (χ3n) is 4.36. The fourth-order valence-electron chi connectivity index (χ4n) is 2.94. The van der Waals surface area contributed by atoms with Crippen molar-refractivity contribution in [2.75, 3.05) is 7.11 Å². The van der Waals surface area contributed by atoms with Crippen molar-refractivity contribution in [3.8, 4) is 0 Å². The second-order valence-corrected chi connectivity index (χ2v) is 7.08. The predicted molar refractivity (Wildman–Crippen MR) is 84.7 cm³/mol. The van der Waals surface area contributed by atoms with Crippen LogP contribution < -0.4 is 5.32 Å². The molecule has 0 aliphatic heterocycles. The van der Waals surface area contributed by atoms with Gasteiger partial charge in [0.15, 0.2) is 0 Å². The van der Waals surface area contributed by atoms with Crippen molar-refractivity contribution in [3.05, 3.63) is 51.0 Å². The first-order valence-corrected chi connectivity index (χ1v) is 8.45. The van der Waals surface area contributed by atoms with Crippen LogP contribution in [0.15, 0.2) is 24.3 Å². The first-order valence-electron chi connectivity index (χ1n) is 7.63. The molecule has 1 atom stereocenters. The first kappa shape index (κ1) is 13.4. The van der Waals surface area contributed by atoms with Crippen molar-refractivity contribution < 1.29 is 4.74 Å². The Hall–Kier alpha value is -1.23. The summed E-state index contributed by atoms with van der Waals surface area (Å²) in [5.41, 5.74) is 4.05. The van der Waals surface area contributed by atoms with Crippen LogP contribution in [0, 0.1) is 0 Å². The van der Waals surface area contributed by atoms with E-state index in [1.165, 1.54) is 33.9 Å². The van der Waals surface area contributed by atoms with Crippen molar-refractivity contribution in [1.29, 1.82) is 0 Å². The fraction of sp³-hybridized carbons (Fsp3) is 0.471. The molecule has 4 heteroatoms. The van der Waals surface area contributed by atoms with Gasteiger partial charge in [-0.2, -0.15) is 0 Å². The summed E-state index contributed by atoms with van der Waals surface area (Å²) in [4.78, 5) is 6.22. The van der Waals surface area contributed by atoms with Crippen LogP contribution in [0.3, 0.4) is 0 Å². The number of rotatable bonds is 6. The molecule has 1 unspecified atom stereocenters. The van der Waals surface area contributed by atoms with E-state index in [0.29, 0.717) is 12.5 Å². The number of thiazole rings is 1. The second kappa shape index (κ2) is 5.52. The molecule has 2 aliphatic carbocycles. The van der Waals surface area contributed by atoms with Crippen molar-refractivity contribution in [2.45, 2.75) is 44.4 Å². The summed E-state index contributed by atoms with van der Waals surface area (Å²) in [5.74, 6) is 0.497. The highest BCUT2D eigenvalue weighted by Gasteiger charge is 2.30. The third-order valence-corrected chi connectivity index (χ3v) is 5.57. The van der Waals surface area contributed by atoms with Crippen LogP contribution in [0.5, 0.6) is 0 Å². The van der Waals surface area contributed by atoms with Gasteiger partial charge in [0, 0.05) is 30.5 Å². The minimum absolute atomic E-state index is 0.497. The van der Waals surface area contributed by atoms with Crippen molar-refractivity contribution in [3.63, 3.8) is 0 Å². The van der Waals surface area contributed by atoms with Gasteiger partial charge in [0.25, 0.3) is 0 Å². The van der Waals surface area contributed by atoms with Gasteiger partial charge < -0.3 is 10.1 Å². The van der Waals surface area contributed by atoms with Gasteiger partial charge in [-0.3, -0.25) is 0 Å². The molecule has 2 aliphatic rings. The van der Waals surface area contributed by atoms with Crippen LogP contribution in [-0.2, 0) is 24.3 Å². The SMILES string of the molecule is COCc1nc(C2Cc3ccccc32)sc1CNC1CC1. The van der Waals surface area contributed by atoms with Crippen LogP contribution >= 0.6 is 11.3 Å². The fourth-order valence-corrected chi connectivity index (χ4v) is 4.08. The average molecular weight is 300 g/mol. The Morgan fingerprint density at radius 1 is 1.33 bits per heavy atom. The highest BCUT2D eigenvalue weighted by molar-refractivity contribution is 7.11. The third kappa shape index (κ3) is 2.63. The number of hydrogen-bond acceptors (Lipinski definition) is 4. The Balaban J connectivity index is 1.56. The zero-order valence-electron chi connectivity index (χ0n) is 12.3. The Morgan fingerprint density at radius 3 is 2.95 bits per heavy atom. The minimum Gasteiger partial charge on any atom is -0.378 e. The van der Waals surface area contributed by atoms with E-state index in [0.717, 1.165) is 24.7 Å². The number of benzene rings is 1. The maximum absolute atomic E-state index is 5.32. The van der Waals surface area contributed by atoms with E-state index in [2.05, 4.69) is 29.6 Å². The van der Waals surface area contributed by atoms with Crippen LogP contribution in [0.1, 0.15) is 45.5 Å². The zero-order valence-corrected chi connectivity index (χ0v) is 13.1. The highest BCUT2D eigenvalue weighted by atomic mass is 32.1. The highest BCUT2D eigenvalue weighted by Crippen LogP contribution is 2.42. The Kier molecular flexibility index (Phi) is 3.53. The lowest BCUT2D eigenvalue weighted by atomic mass is 9.78. The molecule has 1 aromatic carbocycles. The van der Waals surface area contributed by atoms with Gasteiger partial charge in [0.2, 0.25) is 0 Å². The number of hydrogen-bond donors (Lipinski definition) is 1. The largest absolute Gasteiger partial charge is 0.378 e. The predicted octanol–water partition coefficient (Wildman–Crippen LogP) is 3.23. The quantitative estimate of drug-likeness (QED) is 0.889. The van der Waals surface area contributed by atoms with E-state index in [1.54, 1.807) is 7.11 Å². The Labute approximate surface area is 129 Å². The first-order chi connectivity index (χ1) is 10.3. The maximum Gasteiger partial charge on any atom is 0.101 e. The summed E-state index contributed by atoms with van der Waals surface area (Å²) in [5, 5.41) is 4.85. The molecule has 1 saturated carbocycles. The molecule has 110 valence electrons. The second-order valence-electron chi connectivity index (χ2n) is 5.97. The van der Waals surface area contributed by atoms with Crippen molar-refractivity contribution in [1.82, 2.24) is 10.3 Å². The van der Waals surface area contributed by atoms with Gasteiger partial charge >= 0.3 is 0 Å². The molecule has 0 saturated heterocycles. The molecule has 1 aromatic heterocycles. The van der Waals surface area contributed by atoms with E-state index >= 15 is 0 Å². The van der Waals surface area contributed by atoms with Gasteiger partial charge in [-0.1, -0.05) is 24.3 Å². The smallest absolute Gasteiger partial charge is 0.101 e. The van der Waals surface area contributed by atoms with Gasteiger partial charge in [-0.05, 0) is 30.4 Å². The molecule has 1 heterocycles. The van der Waals surface area contributed by atoms with Gasteiger partial charge in [0.05, 0.1) is 12.3 Å². The molecule has 0 spiro atoms. The number of nitrogens with zero attached hydrogens (tertiary/aromatic N) is 1. The maximum atomic E-state index is 5.32. The van der Waals surface area contributed by atoms with Crippen LogP contribution in [0.2, 0.25) is 0 Å². The molecule has 4 rings (SSSR count). The number of ether oxygens (including phenoxy) is 1. The van der Waals surface area contributed by atoms with E-state index in [9.17, 15) is 0 Å². The zero-order chi connectivity index (χ0) is 14.2. The lowest BCUT2D eigenvalue weighted by molar-refractivity contribution is 0.181. The molecule has 0 radical (unpaired) electrons. The number of methoxy groups -OCH3 is 1. The minimum atomic E-state index is 0.497. The van der Waals surface area contributed by atoms with Gasteiger partial charge in [-0.15, -0.1) is 11.3 Å². The van der Waals surface area contributed by atoms with E-state index in [-0.39, 0.29) is 0 Å². The summed E-state index contributed by atoms with van der Waals surface area (Å²) >= 11 is 1.86. The summed E-state index contributed by atoms with van der Waals surface area (Å²) in [7, 11) is 1.75. The van der Waals surface area contributed by atoms with E-state index in [1.807, 2.05) is 11.3 Å². The summed E-state index contributed by atoms with van der Waals surface area (Å²) in [6.07, 6.45) is 3.77.